The summed E-state index contributed by atoms with van der Waals surface area (Å²) in [5, 5.41) is 4.42. The minimum atomic E-state index is -0.125. The van der Waals surface area contributed by atoms with Gasteiger partial charge in [-0.2, -0.15) is 11.3 Å². The molecule has 0 saturated carbocycles. The lowest BCUT2D eigenvalue weighted by Crippen LogP contribution is -2.30. The number of thiophene rings is 1. The molecule has 0 N–H and O–H groups in total. The molecule has 1 aromatic heterocycles. The van der Waals surface area contributed by atoms with E-state index in [0.717, 1.165) is 12.8 Å². The average molecular weight is 398 g/mol. The first kappa shape index (κ1) is 20.8. The Hall–Kier alpha value is -1.94. The van der Waals surface area contributed by atoms with Gasteiger partial charge in [-0.15, -0.1) is 0 Å². The van der Waals surface area contributed by atoms with E-state index in [4.69, 9.17) is 0 Å². The van der Waals surface area contributed by atoms with Crippen molar-refractivity contribution in [3.8, 4) is 0 Å². The summed E-state index contributed by atoms with van der Waals surface area (Å²) in [4.78, 5) is 26.0. The van der Waals surface area contributed by atoms with Crippen LogP contribution in [0.25, 0.3) is 0 Å². The van der Waals surface area contributed by atoms with Crippen LogP contribution in [-0.2, 0) is 6.42 Å². The fraction of sp³-hybridized carbons (Fsp3) is 0.500. The van der Waals surface area contributed by atoms with Crippen LogP contribution in [0.4, 0.5) is 0 Å². The van der Waals surface area contributed by atoms with E-state index >= 15 is 0 Å². The summed E-state index contributed by atoms with van der Waals surface area (Å²) in [6.07, 6.45) is 13.7. The van der Waals surface area contributed by atoms with E-state index in [1.165, 1.54) is 68.3 Å². The van der Waals surface area contributed by atoms with Crippen LogP contribution >= 0.6 is 11.3 Å². The second-order valence-electron chi connectivity index (χ2n) is 7.72. The molecule has 0 atom stereocenters. The molecule has 0 aliphatic carbocycles. The molecule has 1 aliphatic heterocycles. The SMILES string of the molecule is O=C1c2ccccc2C(=O)N1CCCCCCCCCCCCc1ccsc1. The van der Waals surface area contributed by atoms with Crippen LogP contribution in [0.15, 0.2) is 41.1 Å². The number of nitrogens with zero attached hydrogens (tertiary/aromatic N) is 1. The fourth-order valence-corrected chi connectivity index (χ4v) is 4.59. The molecule has 0 spiro atoms. The van der Waals surface area contributed by atoms with Gasteiger partial charge in [-0.3, -0.25) is 14.5 Å². The second kappa shape index (κ2) is 11.2. The molecule has 0 unspecified atom stereocenters. The van der Waals surface area contributed by atoms with Gasteiger partial charge in [0.05, 0.1) is 11.1 Å². The average Bonchev–Trinajstić information content (AvgIpc) is 3.31. The van der Waals surface area contributed by atoms with Crippen molar-refractivity contribution in [2.75, 3.05) is 6.54 Å². The Morgan fingerprint density at radius 2 is 1.21 bits per heavy atom. The zero-order valence-corrected chi connectivity index (χ0v) is 17.5. The molecule has 4 heteroatoms. The van der Waals surface area contributed by atoms with Crippen molar-refractivity contribution in [1.29, 1.82) is 0 Å². The highest BCUT2D eigenvalue weighted by Crippen LogP contribution is 2.23. The highest BCUT2D eigenvalue weighted by Gasteiger charge is 2.34. The predicted octanol–water partition coefficient (Wildman–Crippen LogP) is 6.49. The van der Waals surface area contributed by atoms with Gasteiger partial charge in [-0.25, -0.2) is 0 Å². The zero-order chi connectivity index (χ0) is 19.6. The minimum absolute atomic E-state index is 0.125. The number of carbonyl (C=O) groups excluding carboxylic acids is 2. The van der Waals surface area contributed by atoms with Crippen molar-refractivity contribution < 1.29 is 9.59 Å². The number of imide groups is 1. The van der Waals surface area contributed by atoms with E-state index in [2.05, 4.69) is 16.8 Å². The summed E-state index contributed by atoms with van der Waals surface area (Å²) in [6.45, 7) is 0.552. The Balaban J connectivity index is 1.16. The van der Waals surface area contributed by atoms with E-state index in [-0.39, 0.29) is 11.8 Å². The van der Waals surface area contributed by atoms with E-state index in [1.807, 2.05) is 12.1 Å². The predicted molar refractivity (Wildman–Crippen MR) is 116 cm³/mol. The Morgan fingerprint density at radius 3 is 1.75 bits per heavy atom. The van der Waals surface area contributed by atoms with Gasteiger partial charge < -0.3 is 0 Å². The largest absolute Gasteiger partial charge is 0.274 e. The Bertz CT molecular complexity index is 719. The van der Waals surface area contributed by atoms with Gasteiger partial charge in [-0.1, -0.05) is 63.5 Å². The van der Waals surface area contributed by atoms with Crippen LogP contribution < -0.4 is 0 Å². The minimum Gasteiger partial charge on any atom is -0.274 e. The molecule has 0 bridgehead atoms. The zero-order valence-electron chi connectivity index (χ0n) is 16.7. The van der Waals surface area contributed by atoms with Gasteiger partial charge >= 0.3 is 0 Å². The molecule has 0 saturated heterocycles. The quantitative estimate of drug-likeness (QED) is 0.286. The lowest BCUT2D eigenvalue weighted by Gasteiger charge is -2.13. The van der Waals surface area contributed by atoms with Crippen molar-refractivity contribution >= 4 is 23.2 Å². The first-order chi connectivity index (χ1) is 13.8. The smallest absolute Gasteiger partial charge is 0.261 e. The lowest BCUT2D eigenvalue weighted by atomic mass is 10.0. The van der Waals surface area contributed by atoms with E-state index in [1.54, 1.807) is 23.5 Å². The number of hydrogen-bond acceptors (Lipinski definition) is 3. The number of hydrogen-bond donors (Lipinski definition) is 0. The number of amides is 2. The highest BCUT2D eigenvalue weighted by molar-refractivity contribution is 7.07. The number of unbranched alkanes of at least 4 members (excludes halogenated alkanes) is 9. The van der Waals surface area contributed by atoms with Gasteiger partial charge in [-0.05, 0) is 53.8 Å². The number of carbonyl (C=O) groups is 2. The number of benzene rings is 1. The van der Waals surface area contributed by atoms with Gasteiger partial charge in [0, 0.05) is 6.54 Å². The van der Waals surface area contributed by atoms with E-state index in [9.17, 15) is 9.59 Å². The molecule has 2 heterocycles. The number of aryl methyl sites for hydroxylation is 1. The maximum Gasteiger partial charge on any atom is 0.261 e. The summed E-state index contributed by atoms with van der Waals surface area (Å²) in [7, 11) is 0. The molecule has 3 rings (SSSR count). The molecule has 0 radical (unpaired) electrons. The molecule has 150 valence electrons. The third-order valence-corrected chi connectivity index (χ3v) is 6.29. The monoisotopic (exact) mass is 397 g/mol. The maximum absolute atomic E-state index is 12.3. The third kappa shape index (κ3) is 5.78. The Kier molecular flexibility index (Phi) is 8.28. The van der Waals surface area contributed by atoms with Gasteiger partial charge in [0.1, 0.15) is 0 Å². The standard InChI is InChI=1S/C24H31NO2S/c26-23-21-14-10-11-15-22(21)24(27)25(23)17-12-8-6-4-2-1-3-5-7-9-13-20-16-18-28-19-20/h10-11,14-16,18-19H,1-9,12-13,17H2. The summed E-state index contributed by atoms with van der Waals surface area (Å²) in [5.41, 5.74) is 2.61. The van der Waals surface area contributed by atoms with Crippen molar-refractivity contribution in [3.63, 3.8) is 0 Å². The molecular weight excluding hydrogens is 366 g/mol. The first-order valence-corrected chi connectivity index (χ1v) is 11.7. The van der Waals surface area contributed by atoms with Crippen molar-refractivity contribution in [2.24, 2.45) is 0 Å². The van der Waals surface area contributed by atoms with Crippen LogP contribution in [-0.4, -0.2) is 23.3 Å². The van der Waals surface area contributed by atoms with E-state index < -0.39 is 0 Å². The lowest BCUT2D eigenvalue weighted by molar-refractivity contribution is 0.0651. The molecular formula is C24H31NO2S. The Labute approximate surface area is 172 Å². The molecule has 0 fully saturated rings. The van der Waals surface area contributed by atoms with Crippen LogP contribution in [0.1, 0.15) is 90.5 Å². The summed E-state index contributed by atoms with van der Waals surface area (Å²) in [5.74, 6) is -0.251. The van der Waals surface area contributed by atoms with Crippen LogP contribution in [0.5, 0.6) is 0 Å². The topological polar surface area (TPSA) is 37.4 Å². The van der Waals surface area contributed by atoms with Crippen molar-refractivity contribution in [3.05, 3.63) is 57.8 Å². The number of fused-ring (bicyclic) bond motifs is 1. The Morgan fingerprint density at radius 1 is 0.679 bits per heavy atom. The van der Waals surface area contributed by atoms with Crippen LogP contribution in [0.3, 0.4) is 0 Å². The summed E-state index contributed by atoms with van der Waals surface area (Å²) < 4.78 is 0. The summed E-state index contributed by atoms with van der Waals surface area (Å²) in [6, 6.07) is 9.36. The van der Waals surface area contributed by atoms with Crippen LogP contribution in [0, 0.1) is 0 Å². The molecule has 3 nitrogen and oxygen atoms in total. The normalized spacial score (nSPS) is 13.4. The molecule has 1 aromatic carbocycles. The van der Waals surface area contributed by atoms with Crippen molar-refractivity contribution in [2.45, 2.75) is 70.6 Å². The fourth-order valence-electron chi connectivity index (χ4n) is 3.89. The van der Waals surface area contributed by atoms with Gasteiger partial charge in [0.2, 0.25) is 0 Å². The van der Waals surface area contributed by atoms with Gasteiger partial charge in [0.15, 0.2) is 0 Å². The van der Waals surface area contributed by atoms with E-state index in [0.29, 0.717) is 17.7 Å². The highest BCUT2D eigenvalue weighted by atomic mass is 32.1. The molecule has 28 heavy (non-hydrogen) atoms. The first-order valence-electron chi connectivity index (χ1n) is 10.7. The van der Waals surface area contributed by atoms with Crippen molar-refractivity contribution in [1.82, 2.24) is 4.90 Å². The molecule has 2 aromatic rings. The van der Waals surface area contributed by atoms with Crippen LogP contribution in [0.2, 0.25) is 0 Å². The number of rotatable bonds is 13. The maximum atomic E-state index is 12.3. The van der Waals surface area contributed by atoms with Gasteiger partial charge in [0.25, 0.3) is 11.8 Å². The summed E-state index contributed by atoms with van der Waals surface area (Å²) >= 11 is 1.79. The third-order valence-electron chi connectivity index (χ3n) is 5.56. The molecule has 1 aliphatic rings. The second-order valence-corrected chi connectivity index (χ2v) is 8.50. The molecule has 2 amide bonds.